The van der Waals surface area contributed by atoms with Crippen LogP contribution in [0.5, 0.6) is 0 Å². The molecule has 0 unspecified atom stereocenters. The molecule has 0 nitrogen and oxygen atoms in total. The molecule has 0 aromatic heterocycles. The van der Waals surface area contributed by atoms with E-state index in [4.69, 9.17) is 0 Å². The van der Waals surface area contributed by atoms with Crippen LogP contribution in [0.25, 0.3) is 0 Å². The summed E-state index contributed by atoms with van der Waals surface area (Å²) in [6.45, 7) is 4.60. The molecule has 0 saturated heterocycles. The summed E-state index contributed by atoms with van der Waals surface area (Å²) in [5.74, 6) is 0.877. The Labute approximate surface area is 76.8 Å². The Balaban J connectivity index is 0.00000121. The zero-order valence-corrected chi connectivity index (χ0v) is 8.79. The SMILES string of the molecule is CC(C)[CH2][AlH][c]1ccccc1.[HH]. The van der Waals surface area contributed by atoms with Gasteiger partial charge in [0.1, 0.15) is 0 Å². The lowest BCUT2D eigenvalue weighted by Gasteiger charge is -2.00. The number of benzene rings is 1. The van der Waals surface area contributed by atoms with E-state index in [9.17, 15) is 0 Å². The van der Waals surface area contributed by atoms with Crippen LogP contribution in [0.4, 0.5) is 0 Å². The van der Waals surface area contributed by atoms with Gasteiger partial charge >= 0.3 is 0 Å². The van der Waals surface area contributed by atoms with Gasteiger partial charge in [-0.1, -0.05) is 55.4 Å². The Kier molecular flexibility index (Phi) is 3.69. The summed E-state index contributed by atoms with van der Waals surface area (Å²) in [5.41, 5.74) is 0. The molecule has 1 aromatic carbocycles. The molecular formula is C10H17Al. The van der Waals surface area contributed by atoms with E-state index in [-0.39, 0.29) is 16.6 Å². The summed E-state index contributed by atoms with van der Waals surface area (Å²) in [7, 11) is 0. The number of hydrogen-bond donors (Lipinski definition) is 0. The molecular weight excluding hydrogens is 147 g/mol. The van der Waals surface area contributed by atoms with Crippen LogP contribution in [0.3, 0.4) is 0 Å². The third kappa shape index (κ3) is 3.60. The molecule has 0 aliphatic carbocycles. The molecule has 1 aromatic rings. The molecule has 0 radical (unpaired) electrons. The van der Waals surface area contributed by atoms with E-state index in [1.165, 1.54) is 5.28 Å². The summed E-state index contributed by atoms with van der Waals surface area (Å²) in [5, 5.41) is 1.43. The average Bonchev–Trinajstić information content (AvgIpc) is 2.03. The first kappa shape index (κ1) is 8.85. The van der Waals surface area contributed by atoms with E-state index in [2.05, 4.69) is 44.2 Å². The van der Waals surface area contributed by atoms with Crippen molar-refractivity contribution in [1.82, 2.24) is 0 Å². The van der Waals surface area contributed by atoms with E-state index in [1.807, 2.05) is 0 Å². The Bertz CT molecular complexity index is 196. The van der Waals surface area contributed by atoms with Gasteiger partial charge in [-0.3, -0.25) is 0 Å². The van der Waals surface area contributed by atoms with Gasteiger partial charge in [-0.15, -0.1) is 4.43 Å². The Morgan fingerprint density at radius 3 is 2.45 bits per heavy atom. The maximum Gasteiger partial charge on any atom is 0.282 e. The minimum absolute atomic E-state index is 0. The van der Waals surface area contributed by atoms with Crippen molar-refractivity contribution in [2.24, 2.45) is 5.92 Å². The lowest BCUT2D eigenvalue weighted by molar-refractivity contribution is 0.732. The maximum atomic E-state index is 2.30. The van der Waals surface area contributed by atoms with Gasteiger partial charge in [0.25, 0.3) is 15.2 Å². The maximum absolute atomic E-state index is 2.30. The normalized spacial score (nSPS) is 10.1. The van der Waals surface area contributed by atoms with Crippen LogP contribution in [0.1, 0.15) is 15.3 Å². The first-order chi connectivity index (χ1) is 5.29. The fraction of sp³-hybridized carbons (Fsp3) is 0.400. The molecule has 0 atom stereocenters. The van der Waals surface area contributed by atoms with Gasteiger partial charge in [0.2, 0.25) is 0 Å². The van der Waals surface area contributed by atoms with E-state index >= 15 is 0 Å². The summed E-state index contributed by atoms with van der Waals surface area (Å²) in [4.78, 5) is 0. The van der Waals surface area contributed by atoms with Gasteiger partial charge in [-0.05, 0) is 0 Å². The van der Waals surface area contributed by atoms with E-state index < -0.39 is 0 Å². The standard InChI is InChI=1S/C6H5.C4H9.Al.H2.H/c1-2-4-6-5-3-1;1-4(2)3;;;/h1-5H;4H,1H2,2-3H3;;1H;. The molecule has 11 heavy (non-hydrogen) atoms. The monoisotopic (exact) mass is 164 g/mol. The predicted molar refractivity (Wildman–Crippen MR) is 55.0 cm³/mol. The number of rotatable bonds is 3. The first-order valence-corrected chi connectivity index (χ1v) is 6.03. The average molecular weight is 164 g/mol. The second kappa shape index (κ2) is 4.59. The van der Waals surface area contributed by atoms with Gasteiger partial charge in [0.05, 0.1) is 0 Å². The molecule has 1 rings (SSSR count). The molecule has 0 amide bonds. The van der Waals surface area contributed by atoms with Crippen molar-refractivity contribution in [3.63, 3.8) is 0 Å². The molecule has 0 aliphatic rings. The van der Waals surface area contributed by atoms with Crippen LogP contribution in [-0.4, -0.2) is 15.2 Å². The van der Waals surface area contributed by atoms with Crippen LogP contribution < -0.4 is 4.43 Å². The second-order valence-electron chi connectivity index (χ2n) is 3.42. The molecule has 0 saturated carbocycles. The number of hydrogen-bond acceptors (Lipinski definition) is 0. The molecule has 0 heterocycles. The van der Waals surface area contributed by atoms with Crippen LogP contribution in [0.2, 0.25) is 5.28 Å². The quantitative estimate of drug-likeness (QED) is 0.600. The topological polar surface area (TPSA) is 0 Å². The lowest BCUT2D eigenvalue weighted by Crippen LogP contribution is -2.14. The summed E-state index contributed by atoms with van der Waals surface area (Å²) >= 11 is 0.0411. The van der Waals surface area contributed by atoms with Crippen molar-refractivity contribution >= 4 is 19.6 Å². The Morgan fingerprint density at radius 1 is 1.27 bits per heavy atom. The highest BCUT2D eigenvalue weighted by atomic mass is 27.1. The molecule has 0 spiro atoms. The van der Waals surface area contributed by atoms with Crippen molar-refractivity contribution in [1.29, 1.82) is 0 Å². The van der Waals surface area contributed by atoms with Crippen LogP contribution in [-0.2, 0) is 0 Å². The molecule has 0 aliphatic heterocycles. The molecule has 1 heteroatoms. The van der Waals surface area contributed by atoms with Gasteiger partial charge in [0, 0.05) is 1.43 Å². The Morgan fingerprint density at radius 2 is 1.91 bits per heavy atom. The third-order valence-electron chi connectivity index (χ3n) is 1.85. The smallest absolute Gasteiger partial charge is 0.116 e. The third-order valence-corrected chi connectivity index (χ3v) is 4.35. The van der Waals surface area contributed by atoms with Gasteiger partial charge in [0.15, 0.2) is 0 Å². The molecule has 0 fully saturated rings. The van der Waals surface area contributed by atoms with Crippen molar-refractivity contribution in [2.45, 2.75) is 19.1 Å². The highest BCUT2D eigenvalue weighted by Gasteiger charge is 1.98. The van der Waals surface area contributed by atoms with Crippen molar-refractivity contribution in [3.8, 4) is 0 Å². The molecule has 0 N–H and O–H groups in total. The minimum atomic E-state index is 0. The van der Waals surface area contributed by atoms with Crippen molar-refractivity contribution in [3.05, 3.63) is 30.3 Å². The van der Waals surface area contributed by atoms with Crippen molar-refractivity contribution in [2.75, 3.05) is 0 Å². The van der Waals surface area contributed by atoms with Crippen LogP contribution >= 0.6 is 0 Å². The zero-order chi connectivity index (χ0) is 8.10. The van der Waals surface area contributed by atoms with Gasteiger partial charge in [-0.25, -0.2) is 0 Å². The largest absolute Gasteiger partial charge is 0.282 e. The lowest BCUT2D eigenvalue weighted by atomic mass is 10.3. The van der Waals surface area contributed by atoms with Gasteiger partial charge < -0.3 is 0 Å². The van der Waals surface area contributed by atoms with Crippen LogP contribution in [0, 0.1) is 5.92 Å². The highest BCUT2D eigenvalue weighted by Crippen LogP contribution is 1.98. The van der Waals surface area contributed by atoms with Gasteiger partial charge in [-0.2, -0.15) is 0 Å². The highest BCUT2D eigenvalue weighted by molar-refractivity contribution is 6.53. The second-order valence-corrected chi connectivity index (χ2v) is 5.31. The van der Waals surface area contributed by atoms with E-state index in [1.54, 1.807) is 4.43 Å². The fourth-order valence-electron chi connectivity index (χ4n) is 1.10. The molecule has 60 valence electrons. The summed E-state index contributed by atoms with van der Waals surface area (Å²) in [6.07, 6.45) is 0. The zero-order valence-electron chi connectivity index (χ0n) is 7.38. The fourth-order valence-corrected chi connectivity index (χ4v) is 2.62. The molecule has 0 bridgehead atoms. The summed E-state index contributed by atoms with van der Waals surface area (Å²) in [6, 6.07) is 10.9. The summed E-state index contributed by atoms with van der Waals surface area (Å²) < 4.78 is 1.60. The van der Waals surface area contributed by atoms with E-state index in [0.29, 0.717) is 0 Å². The minimum Gasteiger partial charge on any atom is -0.116 e. The first-order valence-electron chi connectivity index (χ1n) is 4.33. The van der Waals surface area contributed by atoms with Crippen molar-refractivity contribution < 1.29 is 1.43 Å². The van der Waals surface area contributed by atoms with Crippen LogP contribution in [0.15, 0.2) is 30.3 Å². The van der Waals surface area contributed by atoms with E-state index in [0.717, 1.165) is 5.92 Å². The predicted octanol–water partition coefficient (Wildman–Crippen LogP) is 2.07. The Hall–Kier alpha value is -0.248.